The first-order valence-corrected chi connectivity index (χ1v) is 62.3. The Balaban J connectivity index is 0.000000152. The van der Waals surface area contributed by atoms with Crippen molar-refractivity contribution >= 4 is 173 Å². The number of benzene rings is 16. The molecule has 0 unspecified atom stereocenters. The smallest absolute Gasteiger partial charge is 0.253 e. The Morgan fingerprint density at radius 1 is 0.259 bits per heavy atom. The SMILES string of the molecule is CCC[CH2][Sn]([CH2]CCC)([CH2]CCC)[c]1cccc2cc3cccc(C(=O)NCCN(CC)CC)c3nc12.CCN(CC)CCNC(=O)c1cccc2cc3cccc(C)c3nc12.[Pd].c1ccc(P(c2ccccc2)c2ccccc2)cc1.c1ccc(P(c2ccccc2)c2ccccc2)cc1.c1ccc(P(c2ccccc2)c2ccccc2)cc1.c1ccc(P(c2ccccc2)c2ccccc2)cc1. The van der Waals surface area contributed by atoms with E-state index in [-0.39, 0.29) is 32.2 Å². The summed E-state index contributed by atoms with van der Waals surface area (Å²) in [7, 11) is -1.78. The van der Waals surface area contributed by atoms with E-state index in [4.69, 9.17) is 9.97 Å². The first-order chi connectivity index (χ1) is 68.0. The third kappa shape index (κ3) is 30.7. The molecule has 2 N–H and O–H groups in total. The summed E-state index contributed by atoms with van der Waals surface area (Å²) < 4.78 is 5.84. The zero-order valence-corrected chi connectivity index (χ0v) is 89.9. The number of amides is 2. The number of nitrogens with one attached hydrogen (secondary N) is 2. The molecule has 0 saturated carbocycles. The summed E-state index contributed by atoms with van der Waals surface area (Å²) in [5.41, 5.74) is 6.22. The van der Waals surface area contributed by atoms with Crippen LogP contribution in [0.4, 0.5) is 0 Å². The number of carbonyl (C=O) groups is 2. The quantitative estimate of drug-likeness (QED) is 0.0237. The third-order valence-corrected chi connectivity index (χ3v) is 50.4. The number of pyridine rings is 2. The number of unbranched alkanes of at least 4 members (excludes halogenated alkanes) is 3. The minimum absolute atomic E-state index is 0. The van der Waals surface area contributed by atoms with Crippen molar-refractivity contribution in [3.63, 3.8) is 0 Å². The summed E-state index contributed by atoms with van der Waals surface area (Å²) in [4.78, 5) is 40.7. The number of aromatic nitrogens is 2. The number of hydrogen-bond acceptors (Lipinski definition) is 6. The summed E-state index contributed by atoms with van der Waals surface area (Å²) in [6, 6.07) is 159. The molecule has 710 valence electrons. The molecule has 0 atom stereocenters. The Kier molecular flexibility index (Phi) is 44.7. The predicted octanol–water partition coefficient (Wildman–Crippen LogP) is 25.1. The molecule has 0 aliphatic carbocycles. The van der Waals surface area contributed by atoms with Crippen LogP contribution in [0.5, 0.6) is 0 Å². The summed E-state index contributed by atoms with van der Waals surface area (Å²) in [6.45, 7) is 24.6. The normalized spacial score (nSPS) is 11.0. The van der Waals surface area contributed by atoms with Gasteiger partial charge in [0.1, 0.15) is 0 Å². The topological polar surface area (TPSA) is 90.5 Å². The van der Waals surface area contributed by atoms with Crippen LogP contribution in [0.2, 0.25) is 13.3 Å². The molecule has 0 bridgehead atoms. The van der Waals surface area contributed by atoms with E-state index in [1.54, 1.807) is 3.58 Å². The van der Waals surface area contributed by atoms with E-state index in [0.717, 1.165) is 77.5 Å². The standard InChI is InChI=1S/C21H25N3O.C20H22N3O.4C18H15P.3C4H9.Pd.Sn/c1-4-24(5-2)13-12-22-21(25)18-11-7-10-17-14-16-9-6-8-15(3)19(16)23-20(17)18;1-3-23(4-2)13-12-21-20(24)17-10-7-9-16-14-15-8-5-6-11-18(15)22-19(16)17;4*1-4-10-16(11-5-1)19(17-12-6-2-7-13-17)18-14-8-3-9-15-18;3*1-3-4-2;;/h6-11,14H,4-5,12-13H2,1-3H3,(H,22,25);5-10,14H,3-4,12-13H2,1-2H3,(H,21,24);4*1-15H;3*1,3-4H2,2H3;;. The maximum atomic E-state index is 13.3. The average Bonchev–Trinajstić information content (AvgIpc) is 0.752. The molecule has 16 aromatic carbocycles. The molecular formula is C125H134N6O2P4PdSn. The van der Waals surface area contributed by atoms with E-state index in [0.29, 0.717) is 24.2 Å². The Hall–Kier alpha value is -11.1. The number of hydrogen-bond donors (Lipinski definition) is 2. The van der Waals surface area contributed by atoms with Gasteiger partial charge in [-0.15, -0.1) is 0 Å². The molecular weight excluding hydrogens is 1970 g/mol. The molecule has 2 amide bonds. The summed E-state index contributed by atoms with van der Waals surface area (Å²) >= 11 is -2.71. The van der Waals surface area contributed by atoms with Crippen LogP contribution < -0.4 is 77.9 Å². The number of aryl methyl sites for hydroxylation is 1. The van der Waals surface area contributed by atoms with Crippen molar-refractivity contribution < 1.29 is 30.0 Å². The van der Waals surface area contributed by atoms with Crippen molar-refractivity contribution in [3.05, 3.63) is 466 Å². The van der Waals surface area contributed by atoms with E-state index in [1.165, 1.54) is 126 Å². The van der Waals surface area contributed by atoms with Gasteiger partial charge in [-0.1, -0.05) is 408 Å². The largest absolute Gasteiger partial charge is 0.351 e. The predicted molar refractivity (Wildman–Crippen MR) is 609 cm³/mol. The molecule has 2 heterocycles. The maximum absolute atomic E-state index is 13.3. The Bertz CT molecular complexity index is 5730. The van der Waals surface area contributed by atoms with Gasteiger partial charge in [-0.2, -0.15) is 0 Å². The fraction of sp³-hybridized carbons (Fsp3) is 0.200. The molecule has 2 aromatic heterocycles. The van der Waals surface area contributed by atoms with Crippen LogP contribution in [0.1, 0.15) is 113 Å². The zero-order valence-electron chi connectivity index (χ0n) is 82.0. The molecule has 18 aromatic rings. The number of carbonyl (C=O) groups excluding carboxylic acids is 2. The molecule has 0 aliphatic rings. The molecule has 0 fully saturated rings. The molecule has 0 spiro atoms. The monoisotopic (exact) mass is 2100 g/mol. The van der Waals surface area contributed by atoms with Gasteiger partial charge >= 0.3 is 230 Å². The molecule has 0 saturated heterocycles. The molecule has 139 heavy (non-hydrogen) atoms. The summed E-state index contributed by atoms with van der Waals surface area (Å²) in [5.74, 6) is -0.0713. The van der Waals surface area contributed by atoms with Gasteiger partial charge in [-0.05, 0) is 133 Å². The Labute approximate surface area is 851 Å². The van der Waals surface area contributed by atoms with Gasteiger partial charge in [-0.25, -0.2) is 4.98 Å². The van der Waals surface area contributed by atoms with Crippen LogP contribution in [0.25, 0.3) is 43.6 Å². The fourth-order valence-corrected chi connectivity index (χ4v) is 43.5. The van der Waals surface area contributed by atoms with Gasteiger partial charge in [0.2, 0.25) is 0 Å². The van der Waals surface area contributed by atoms with Crippen LogP contribution >= 0.6 is 31.7 Å². The second kappa shape index (κ2) is 58.2. The van der Waals surface area contributed by atoms with Gasteiger partial charge in [0.05, 0.1) is 16.6 Å². The van der Waals surface area contributed by atoms with E-state index < -0.39 is 50.1 Å². The van der Waals surface area contributed by atoms with Crippen LogP contribution in [-0.4, -0.2) is 102 Å². The van der Waals surface area contributed by atoms with Crippen molar-refractivity contribution in [2.24, 2.45) is 0 Å². The number of rotatable bonds is 34. The van der Waals surface area contributed by atoms with E-state index in [9.17, 15) is 9.59 Å². The van der Waals surface area contributed by atoms with Crippen molar-refractivity contribution in [1.82, 2.24) is 30.4 Å². The minimum Gasteiger partial charge on any atom is -0.351 e. The molecule has 0 aliphatic heterocycles. The second-order valence-corrected chi connectivity index (χ2v) is 56.3. The van der Waals surface area contributed by atoms with Crippen LogP contribution in [0.3, 0.4) is 0 Å². The number of likely N-dealkylation sites (N-methyl/N-ethyl adjacent to an activating group) is 2. The minimum atomic E-state index is -2.71. The molecule has 8 nitrogen and oxygen atoms in total. The second-order valence-electron chi connectivity index (χ2n) is 34.3. The summed E-state index contributed by atoms with van der Waals surface area (Å²) in [6.07, 6.45) is 7.76. The maximum Gasteiger partial charge on any atom is 0.253 e. The van der Waals surface area contributed by atoms with E-state index in [2.05, 4.69) is 475 Å². The first-order valence-electron chi connectivity index (χ1n) is 49.4. The van der Waals surface area contributed by atoms with Crippen molar-refractivity contribution in [3.8, 4) is 0 Å². The van der Waals surface area contributed by atoms with Gasteiger partial charge in [0.25, 0.3) is 5.91 Å². The molecule has 18 rings (SSSR count). The van der Waals surface area contributed by atoms with Crippen LogP contribution in [0, 0.1) is 6.92 Å². The third-order valence-electron chi connectivity index (χ3n) is 25.0. The van der Waals surface area contributed by atoms with Gasteiger partial charge in [0.15, 0.2) is 0 Å². The van der Waals surface area contributed by atoms with E-state index in [1.807, 2.05) is 49.4 Å². The Morgan fingerprint density at radius 3 is 0.698 bits per heavy atom. The number of fused-ring (bicyclic) bond motifs is 4. The van der Waals surface area contributed by atoms with Crippen LogP contribution in [-0.2, 0) is 20.4 Å². The van der Waals surface area contributed by atoms with Gasteiger partial charge in [0, 0.05) is 44.3 Å². The fourth-order valence-electron chi connectivity index (χ4n) is 17.7. The van der Waals surface area contributed by atoms with Crippen LogP contribution in [0.15, 0.2) is 449 Å². The van der Waals surface area contributed by atoms with Crippen molar-refractivity contribution in [1.29, 1.82) is 0 Å². The molecule has 14 heteroatoms. The average molecular weight is 2100 g/mol. The zero-order chi connectivity index (χ0) is 96.2. The van der Waals surface area contributed by atoms with E-state index >= 15 is 0 Å². The van der Waals surface area contributed by atoms with Gasteiger partial charge < -0.3 is 10.2 Å². The van der Waals surface area contributed by atoms with Crippen molar-refractivity contribution in [2.75, 3.05) is 52.4 Å². The number of nitrogens with zero attached hydrogens (tertiary/aromatic N) is 4. The molecule has 0 radical (unpaired) electrons. The van der Waals surface area contributed by atoms with Gasteiger partial charge in [-0.3, -0.25) is 4.79 Å². The number of para-hydroxylation sites is 4. The van der Waals surface area contributed by atoms with Crippen molar-refractivity contribution in [2.45, 2.75) is 107 Å². The first kappa shape index (κ1) is 107. The summed E-state index contributed by atoms with van der Waals surface area (Å²) in [5, 5.41) is 27.4. The Morgan fingerprint density at radius 2 is 0.468 bits per heavy atom.